The third kappa shape index (κ3) is 4.40. The van der Waals surface area contributed by atoms with Crippen molar-refractivity contribution in [2.75, 3.05) is 7.05 Å². The highest BCUT2D eigenvalue weighted by Crippen LogP contribution is 2.28. The minimum Gasteiger partial charge on any atom is -0.480 e. The topological polar surface area (TPSA) is 69.6 Å². The van der Waals surface area contributed by atoms with Crippen molar-refractivity contribution in [3.8, 4) is 0 Å². The molecule has 1 fully saturated rings. The van der Waals surface area contributed by atoms with E-state index in [1.54, 1.807) is 14.0 Å². The van der Waals surface area contributed by atoms with Gasteiger partial charge >= 0.3 is 12.0 Å². The molecule has 1 aliphatic carbocycles. The molecule has 0 aromatic heterocycles. The first-order valence-corrected chi connectivity index (χ1v) is 7.11. The summed E-state index contributed by atoms with van der Waals surface area (Å²) in [5.74, 6) is 0.270. The van der Waals surface area contributed by atoms with Gasteiger partial charge in [-0.1, -0.05) is 20.8 Å². The fourth-order valence-electron chi connectivity index (χ4n) is 3.10. The van der Waals surface area contributed by atoms with Crippen molar-refractivity contribution in [2.24, 2.45) is 11.8 Å². The Morgan fingerprint density at radius 3 is 2.21 bits per heavy atom. The van der Waals surface area contributed by atoms with Crippen molar-refractivity contribution in [1.29, 1.82) is 0 Å². The van der Waals surface area contributed by atoms with Crippen LogP contribution >= 0.6 is 0 Å². The number of nitrogens with one attached hydrogen (secondary N) is 1. The molecule has 5 nitrogen and oxygen atoms in total. The van der Waals surface area contributed by atoms with Gasteiger partial charge < -0.3 is 15.3 Å². The number of nitrogens with zero attached hydrogens (tertiary/aromatic N) is 1. The van der Waals surface area contributed by atoms with E-state index in [1.807, 2.05) is 0 Å². The molecule has 3 atom stereocenters. The molecule has 0 aliphatic heterocycles. The normalized spacial score (nSPS) is 28.5. The Hall–Kier alpha value is -1.26. The Kier molecular flexibility index (Phi) is 5.63. The summed E-state index contributed by atoms with van der Waals surface area (Å²) in [6.45, 7) is 6.17. The summed E-state index contributed by atoms with van der Waals surface area (Å²) in [5.41, 5.74) is 0. The Balaban J connectivity index is 2.56. The second-order valence-corrected chi connectivity index (χ2v) is 5.94. The Bertz CT molecular complexity index is 323. The maximum absolute atomic E-state index is 12.1. The average Bonchev–Trinajstić information content (AvgIpc) is 2.27. The molecule has 1 aliphatic rings. The zero-order chi connectivity index (χ0) is 14.6. The van der Waals surface area contributed by atoms with Crippen LogP contribution in [0, 0.1) is 11.8 Å². The van der Waals surface area contributed by atoms with Crippen molar-refractivity contribution < 1.29 is 14.7 Å². The monoisotopic (exact) mass is 270 g/mol. The Labute approximate surface area is 115 Å². The number of carbonyl (C=O) groups excluding carboxylic acids is 1. The number of urea groups is 1. The van der Waals surface area contributed by atoms with Crippen LogP contribution < -0.4 is 5.32 Å². The van der Waals surface area contributed by atoms with E-state index in [-0.39, 0.29) is 12.1 Å². The van der Waals surface area contributed by atoms with Crippen molar-refractivity contribution in [3.63, 3.8) is 0 Å². The molecule has 3 unspecified atom stereocenters. The van der Waals surface area contributed by atoms with Gasteiger partial charge in [0.1, 0.15) is 6.04 Å². The summed E-state index contributed by atoms with van der Waals surface area (Å²) < 4.78 is 0. The number of carboxylic acids is 1. The summed E-state index contributed by atoms with van der Waals surface area (Å²) in [5, 5.41) is 12.0. The molecule has 0 heterocycles. The third-order valence-electron chi connectivity index (χ3n) is 3.97. The van der Waals surface area contributed by atoms with Crippen LogP contribution in [0.4, 0.5) is 4.79 Å². The van der Waals surface area contributed by atoms with Crippen LogP contribution in [-0.4, -0.2) is 41.1 Å². The molecular weight excluding hydrogens is 244 g/mol. The lowest BCUT2D eigenvalue weighted by Gasteiger charge is -2.34. The minimum atomic E-state index is -0.953. The first-order valence-electron chi connectivity index (χ1n) is 7.11. The van der Waals surface area contributed by atoms with Crippen LogP contribution in [0.5, 0.6) is 0 Å². The summed E-state index contributed by atoms with van der Waals surface area (Å²) >= 11 is 0. The van der Waals surface area contributed by atoms with Crippen molar-refractivity contribution in [3.05, 3.63) is 0 Å². The molecule has 0 bridgehead atoms. The predicted molar refractivity (Wildman–Crippen MR) is 74.0 cm³/mol. The Morgan fingerprint density at radius 2 is 1.79 bits per heavy atom. The van der Waals surface area contributed by atoms with E-state index in [0.717, 1.165) is 12.8 Å². The van der Waals surface area contributed by atoms with E-state index >= 15 is 0 Å². The average molecular weight is 270 g/mol. The molecule has 5 heteroatoms. The van der Waals surface area contributed by atoms with E-state index in [1.165, 1.54) is 11.3 Å². The number of rotatable bonds is 4. The highest BCUT2D eigenvalue weighted by Gasteiger charge is 2.29. The van der Waals surface area contributed by atoms with Gasteiger partial charge in [-0.25, -0.2) is 9.59 Å². The lowest BCUT2D eigenvalue weighted by atomic mass is 9.80. The molecule has 0 spiro atoms. The maximum Gasteiger partial charge on any atom is 0.326 e. The standard InChI is InChI=1S/C14H26N2O3/c1-5-12(13(17)18)16(4)14(19)15-11-7-9(2)6-10(3)8-11/h9-12H,5-8H2,1-4H3,(H,15,19)(H,17,18). The van der Waals surface area contributed by atoms with Gasteiger partial charge in [-0.15, -0.1) is 0 Å². The summed E-state index contributed by atoms with van der Waals surface area (Å²) in [6.07, 6.45) is 3.58. The molecule has 2 N–H and O–H groups in total. The number of hydrogen-bond acceptors (Lipinski definition) is 2. The second kappa shape index (κ2) is 6.78. The lowest BCUT2D eigenvalue weighted by molar-refractivity contribution is -0.141. The molecule has 19 heavy (non-hydrogen) atoms. The fourth-order valence-corrected chi connectivity index (χ4v) is 3.10. The first kappa shape index (κ1) is 15.8. The molecule has 1 rings (SSSR count). The van der Waals surface area contributed by atoms with Crippen molar-refractivity contribution in [1.82, 2.24) is 10.2 Å². The van der Waals surface area contributed by atoms with E-state index in [9.17, 15) is 9.59 Å². The fraction of sp³-hybridized carbons (Fsp3) is 0.857. The molecule has 110 valence electrons. The molecule has 0 aromatic carbocycles. The first-order chi connectivity index (χ1) is 8.85. The summed E-state index contributed by atoms with van der Waals surface area (Å²) in [7, 11) is 1.55. The van der Waals surface area contributed by atoms with E-state index in [2.05, 4.69) is 19.2 Å². The van der Waals surface area contributed by atoms with E-state index < -0.39 is 12.0 Å². The van der Waals surface area contributed by atoms with Gasteiger partial charge in [-0.05, 0) is 37.5 Å². The van der Waals surface area contributed by atoms with Crippen LogP contribution in [0.15, 0.2) is 0 Å². The largest absolute Gasteiger partial charge is 0.480 e. The summed E-state index contributed by atoms with van der Waals surface area (Å²) in [6, 6.07) is -0.862. The van der Waals surface area contributed by atoms with Crippen LogP contribution in [0.1, 0.15) is 46.5 Å². The zero-order valence-corrected chi connectivity index (χ0v) is 12.3. The second-order valence-electron chi connectivity index (χ2n) is 5.94. The molecule has 1 saturated carbocycles. The van der Waals surface area contributed by atoms with Crippen LogP contribution in [0.2, 0.25) is 0 Å². The smallest absolute Gasteiger partial charge is 0.326 e. The highest BCUT2D eigenvalue weighted by atomic mass is 16.4. The number of hydrogen-bond donors (Lipinski definition) is 2. The minimum absolute atomic E-state index is 0.167. The maximum atomic E-state index is 12.1. The number of amides is 2. The van der Waals surface area contributed by atoms with Gasteiger partial charge in [0, 0.05) is 13.1 Å². The third-order valence-corrected chi connectivity index (χ3v) is 3.97. The van der Waals surface area contributed by atoms with Crippen LogP contribution in [-0.2, 0) is 4.79 Å². The van der Waals surface area contributed by atoms with Crippen LogP contribution in [0.25, 0.3) is 0 Å². The molecule has 2 amide bonds. The number of aliphatic carboxylic acids is 1. The Morgan fingerprint density at radius 1 is 1.26 bits per heavy atom. The highest BCUT2D eigenvalue weighted by molar-refractivity contribution is 5.82. The van der Waals surface area contributed by atoms with E-state index in [0.29, 0.717) is 18.3 Å². The van der Waals surface area contributed by atoms with Gasteiger partial charge in [0.25, 0.3) is 0 Å². The SMILES string of the molecule is CCC(C(=O)O)N(C)C(=O)NC1CC(C)CC(C)C1. The molecule has 0 saturated heterocycles. The zero-order valence-electron chi connectivity index (χ0n) is 12.3. The van der Waals surface area contributed by atoms with Crippen LogP contribution in [0.3, 0.4) is 0 Å². The van der Waals surface area contributed by atoms with Crippen molar-refractivity contribution >= 4 is 12.0 Å². The van der Waals surface area contributed by atoms with E-state index in [4.69, 9.17) is 5.11 Å². The van der Waals surface area contributed by atoms with Crippen molar-refractivity contribution in [2.45, 2.75) is 58.5 Å². The number of carboxylic acid groups (broad SMARTS) is 1. The van der Waals surface area contributed by atoms with Gasteiger partial charge in [0.05, 0.1) is 0 Å². The number of carbonyl (C=O) groups is 2. The lowest BCUT2D eigenvalue weighted by Crippen LogP contribution is -2.51. The van der Waals surface area contributed by atoms with Gasteiger partial charge in [-0.3, -0.25) is 0 Å². The van der Waals surface area contributed by atoms with Gasteiger partial charge in [0.15, 0.2) is 0 Å². The molecule has 0 aromatic rings. The predicted octanol–water partition coefficient (Wildman–Crippen LogP) is 2.32. The van der Waals surface area contributed by atoms with Gasteiger partial charge in [-0.2, -0.15) is 0 Å². The quantitative estimate of drug-likeness (QED) is 0.823. The number of likely N-dealkylation sites (N-methyl/N-ethyl adjacent to an activating group) is 1. The molecular formula is C14H26N2O3. The molecule has 0 radical (unpaired) electrons. The van der Waals surface area contributed by atoms with Gasteiger partial charge in [0.2, 0.25) is 0 Å². The summed E-state index contributed by atoms with van der Waals surface area (Å²) in [4.78, 5) is 24.4.